The molecule has 1 N–H and O–H groups in total. The maximum atomic E-state index is 10.9. The molecule has 6 heteroatoms. The van der Waals surface area contributed by atoms with Gasteiger partial charge in [0.25, 0.3) is 5.69 Å². The maximum Gasteiger partial charge on any atom is 0.305 e. The van der Waals surface area contributed by atoms with Crippen molar-refractivity contribution in [2.24, 2.45) is 0 Å². The molecule has 0 saturated carbocycles. The highest BCUT2D eigenvalue weighted by atomic mass is 16.6. The number of phenolic OH excluding ortho intramolecular Hbond substituents is 1. The second-order valence-electron chi connectivity index (χ2n) is 3.15. The number of hydrogen-bond donors (Lipinski definition) is 1. The molecule has 0 fully saturated rings. The Morgan fingerprint density at radius 1 is 1.56 bits per heavy atom. The van der Waals surface area contributed by atoms with Gasteiger partial charge < -0.3 is 9.84 Å². The largest absolute Gasteiger partial charge is 0.508 e. The predicted molar refractivity (Wildman–Crippen MR) is 55.1 cm³/mol. The molecule has 6 nitrogen and oxygen atoms in total. The van der Waals surface area contributed by atoms with Crippen LogP contribution >= 0.6 is 0 Å². The van der Waals surface area contributed by atoms with E-state index in [9.17, 15) is 14.9 Å². The van der Waals surface area contributed by atoms with Crippen molar-refractivity contribution in [1.82, 2.24) is 0 Å². The Labute approximate surface area is 91.6 Å². The lowest BCUT2D eigenvalue weighted by atomic mass is 10.1. The molecule has 0 amide bonds. The van der Waals surface area contributed by atoms with Gasteiger partial charge in [-0.1, -0.05) is 0 Å². The molecule has 0 saturated heterocycles. The molecule has 0 aliphatic heterocycles. The van der Waals surface area contributed by atoms with E-state index in [4.69, 9.17) is 5.11 Å². The van der Waals surface area contributed by atoms with Crippen molar-refractivity contribution in [1.29, 1.82) is 0 Å². The zero-order valence-electron chi connectivity index (χ0n) is 8.67. The van der Waals surface area contributed by atoms with Crippen LogP contribution in [0, 0.1) is 10.1 Å². The summed E-state index contributed by atoms with van der Waals surface area (Å²) in [6.07, 6.45) is 0.283. The van der Waals surface area contributed by atoms with Crippen LogP contribution in [0.2, 0.25) is 0 Å². The molecule has 0 unspecified atom stereocenters. The van der Waals surface area contributed by atoms with Crippen LogP contribution in [-0.2, 0) is 16.0 Å². The summed E-state index contributed by atoms with van der Waals surface area (Å²) >= 11 is 0. The number of nitrogens with zero attached hydrogens (tertiary/aromatic N) is 1. The fraction of sp³-hybridized carbons (Fsp3) is 0.300. The van der Waals surface area contributed by atoms with Gasteiger partial charge in [0.2, 0.25) is 0 Å². The fourth-order valence-electron chi connectivity index (χ4n) is 1.27. The van der Waals surface area contributed by atoms with Crippen LogP contribution in [0.15, 0.2) is 18.2 Å². The number of phenols is 1. The minimum absolute atomic E-state index is 0.0715. The highest BCUT2D eigenvalue weighted by Crippen LogP contribution is 2.24. The number of methoxy groups -OCH3 is 1. The molecule has 1 rings (SSSR count). The van der Waals surface area contributed by atoms with Gasteiger partial charge >= 0.3 is 5.97 Å². The molecule has 0 heterocycles. The quantitative estimate of drug-likeness (QED) is 0.475. The normalized spacial score (nSPS) is 9.81. The van der Waals surface area contributed by atoms with Crippen molar-refractivity contribution < 1.29 is 19.6 Å². The van der Waals surface area contributed by atoms with Gasteiger partial charge in [0.05, 0.1) is 18.1 Å². The molecule has 0 spiro atoms. The molecule has 0 aromatic heterocycles. The lowest BCUT2D eigenvalue weighted by Gasteiger charge is -2.02. The van der Waals surface area contributed by atoms with Crippen molar-refractivity contribution >= 4 is 11.7 Å². The number of rotatable bonds is 4. The fourth-order valence-corrected chi connectivity index (χ4v) is 1.27. The van der Waals surface area contributed by atoms with Gasteiger partial charge in [-0.15, -0.1) is 0 Å². The zero-order chi connectivity index (χ0) is 12.1. The molecule has 1 aromatic carbocycles. The number of esters is 1. The van der Waals surface area contributed by atoms with Gasteiger partial charge in [-0.2, -0.15) is 0 Å². The topological polar surface area (TPSA) is 89.7 Å². The summed E-state index contributed by atoms with van der Waals surface area (Å²) in [5.41, 5.74) is 0.206. The van der Waals surface area contributed by atoms with Gasteiger partial charge in [-0.25, -0.2) is 0 Å². The number of aryl methyl sites for hydroxylation is 1. The van der Waals surface area contributed by atoms with Crippen molar-refractivity contribution in [3.8, 4) is 5.75 Å². The molecular formula is C10H11NO5. The van der Waals surface area contributed by atoms with Crippen LogP contribution in [0.25, 0.3) is 0 Å². The van der Waals surface area contributed by atoms with Crippen LogP contribution in [0.1, 0.15) is 12.0 Å². The van der Waals surface area contributed by atoms with Crippen LogP contribution in [-0.4, -0.2) is 23.1 Å². The van der Waals surface area contributed by atoms with E-state index >= 15 is 0 Å². The molecular weight excluding hydrogens is 214 g/mol. The molecule has 0 atom stereocenters. The van der Waals surface area contributed by atoms with Gasteiger partial charge in [-0.05, 0) is 18.6 Å². The Kier molecular flexibility index (Phi) is 3.82. The average Bonchev–Trinajstić information content (AvgIpc) is 2.26. The van der Waals surface area contributed by atoms with Crippen molar-refractivity contribution in [2.75, 3.05) is 7.11 Å². The number of ether oxygens (including phenoxy) is 1. The number of carbonyl (C=O) groups is 1. The summed E-state index contributed by atoms with van der Waals surface area (Å²) in [4.78, 5) is 21.0. The molecule has 86 valence electrons. The van der Waals surface area contributed by atoms with Crippen LogP contribution < -0.4 is 0 Å². The lowest BCUT2D eigenvalue weighted by molar-refractivity contribution is -0.385. The maximum absolute atomic E-state index is 10.9. The summed E-state index contributed by atoms with van der Waals surface area (Å²) < 4.78 is 4.44. The Hall–Kier alpha value is -2.11. The summed E-state index contributed by atoms with van der Waals surface area (Å²) in [5, 5.41) is 19.8. The van der Waals surface area contributed by atoms with E-state index in [2.05, 4.69) is 4.74 Å². The second-order valence-corrected chi connectivity index (χ2v) is 3.15. The first-order valence-electron chi connectivity index (χ1n) is 4.57. The smallest absolute Gasteiger partial charge is 0.305 e. The first-order chi connectivity index (χ1) is 7.54. The third-order valence-corrected chi connectivity index (χ3v) is 2.09. The molecule has 0 aliphatic rings. The highest BCUT2D eigenvalue weighted by Gasteiger charge is 2.15. The predicted octanol–water partition coefficient (Wildman–Crippen LogP) is 1.41. The van der Waals surface area contributed by atoms with Crippen molar-refractivity contribution in [3.05, 3.63) is 33.9 Å². The van der Waals surface area contributed by atoms with E-state index in [1.54, 1.807) is 0 Å². The summed E-state index contributed by atoms with van der Waals surface area (Å²) in [7, 11) is 1.26. The van der Waals surface area contributed by atoms with Gasteiger partial charge in [-0.3, -0.25) is 14.9 Å². The third-order valence-electron chi connectivity index (χ3n) is 2.09. The molecule has 0 bridgehead atoms. The summed E-state index contributed by atoms with van der Waals surface area (Å²) in [6, 6.07) is 3.84. The Morgan fingerprint density at radius 2 is 2.25 bits per heavy atom. The number of hydrogen-bond acceptors (Lipinski definition) is 5. The third kappa shape index (κ3) is 2.94. The summed E-state index contributed by atoms with van der Waals surface area (Å²) in [6.45, 7) is 0. The first kappa shape index (κ1) is 12.0. The molecule has 0 aliphatic carbocycles. The van der Waals surface area contributed by atoms with Crippen molar-refractivity contribution in [3.63, 3.8) is 0 Å². The minimum atomic E-state index is -0.591. The lowest BCUT2D eigenvalue weighted by Crippen LogP contribution is -2.03. The number of carbonyl (C=O) groups excluding carboxylic acids is 1. The molecule has 0 radical (unpaired) electrons. The van der Waals surface area contributed by atoms with Crippen LogP contribution in [0.5, 0.6) is 5.75 Å². The highest BCUT2D eigenvalue weighted by molar-refractivity contribution is 5.69. The summed E-state index contributed by atoms with van der Waals surface area (Å²) in [5.74, 6) is -0.601. The number of aromatic hydroxyl groups is 1. The first-order valence-corrected chi connectivity index (χ1v) is 4.57. The average molecular weight is 225 g/mol. The van der Waals surface area contributed by atoms with E-state index < -0.39 is 10.9 Å². The van der Waals surface area contributed by atoms with Gasteiger partial charge in [0, 0.05) is 12.0 Å². The van der Waals surface area contributed by atoms with Crippen molar-refractivity contribution in [2.45, 2.75) is 12.8 Å². The zero-order valence-corrected chi connectivity index (χ0v) is 8.67. The molecule has 16 heavy (non-hydrogen) atoms. The molecule has 1 aromatic rings. The standard InChI is InChI=1S/C10H11NO5/c1-16-10(13)5-3-7-2-4-8(12)6-9(7)11(14)15/h2,4,6,12H,3,5H2,1H3. The Bertz CT molecular complexity index is 416. The minimum Gasteiger partial charge on any atom is -0.508 e. The van der Waals surface area contributed by atoms with Crippen LogP contribution in [0.4, 0.5) is 5.69 Å². The van der Waals surface area contributed by atoms with Gasteiger partial charge in [0.15, 0.2) is 0 Å². The van der Waals surface area contributed by atoms with E-state index in [-0.39, 0.29) is 24.3 Å². The van der Waals surface area contributed by atoms with Crippen LogP contribution in [0.3, 0.4) is 0 Å². The van der Waals surface area contributed by atoms with E-state index in [1.165, 1.54) is 19.2 Å². The van der Waals surface area contributed by atoms with Gasteiger partial charge in [0.1, 0.15) is 5.75 Å². The number of benzene rings is 1. The Balaban J connectivity index is 2.87. The van der Waals surface area contributed by atoms with E-state index in [0.29, 0.717) is 5.56 Å². The number of nitro benzene ring substituents is 1. The SMILES string of the molecule is COC(=O)CCc1ccc(O)cc1[N+](=O)[O-]. The van der Waals surface area contributed by atoms with E-state index in [0.717, 1.165) is 6.07 Å². The van der Waals surface area contributed by atoms with E-state index in [1.807, 2.05) is 0 Å². The Morgan fingerprint density at radius 3 is 2.81 bits per heavy atom. The second kappa shape index (κ2) is 5.11. The number of nitro groups is 1. The monoisotopic (exact) mass is 225 g/mol.